The van der Waals surface area contributed by atoms with Crippen LogP contribution in [0, 0.1) is 17.3 Å². The summed E-state index contributed by atoms with van der Waals surface area (Å²) in [6, 6.07) is 11.7. The molecule has 2 aliphatic carbocycles. The number of imide groups is 2. The number of carbonyl (C=O) groups excluding carboxylic acids is 5. The number of alkyl halides is 2. The maximum atomic E-state index is 13.4. The summed E-state index contributed by atoms with van der Waals surface area (Å²) in [5.74, 6) is -1.08. The average molecular weight is 854 g/mol. The third kappa shape index (κ3) is 8.05. The summed E-state index contributed by atoms with van der Waals surface area (Å²) in [4.78, 5) is 76.2. The predicted molar refractivity (Wildman–Crippen MR) is 225 cm³/mol. The summed E-state index contributed by atoms with van der Waals surface area (Å²) in [6.45, 7) is 7.30. The van der Waals surface area contributed by atoms with E-state index in [2.05, 4.69) is 25.8 Å². The number of rotatable bonds is 12. The molecular weight excluding hydrogens is 805 g/mol. The first-order valence-electron chi connectivity index (χ1n) is 21.2. The monoisotopic (exact) mass is 853 g/mol. The van der Waals surface area contributed by atoms with Crippen molar-refractivity contribution in [1.29, 1.82) is 0 Å². The number of halogens is 2. The molecule has 0 bridgehead atoms. The molecule has 5 amide bonds. The first kappa shape index (κ1) is 41.2. The van der Waals surface area contributed by atoms with Crippen molar-refractivity contribution in [2.24, 2.45) is 17.3 Å². The van der Waals surface area contributed by atoms with Crippen LogP contribution >= 0.6 is 11.3 Å². The first-order chi connectivity index (χ1) is 29.1. The molecular formula is C45H49F2N7O6S. The van der Waals surface area contributed by atoms with Crippen molar-refractivity contribution in [2.75, 3.05) is 36.8 Å². The summed E-state index contributed by atoms with van der Waals surface area (Å²) < 4.78 is 27.4. The fourth-order valence-corrected chi connectivity index (χ4v) is 11.5. The zero-order valence-electron chi connectivity index (χ0n) is 34.1. The second kappa shape index (κ2) is 15.9. The second-order valence-corrected chi connectivity index (χ2v) is 19.3. The molecule has 5 heterocycles. The molecule has 4 fully saturated rings. The van der Waals surface area contributed by atoms with Gasteiger partial charge in [-0.3, -0.25) is 34.2 Å². The molecule has 320 valence electrons. The van der Waals surface area contributed by atoms with Crippen molar-refractivity contribution >= 4 is 62.5 Å². The lowest BCUT2D eigenvalue weighted by Gasteiger charge is -2.60. The predicted octanol–water partition coefficient (Wildman–Crippen LogP) is 7.00. The summed E-state index contributed by atoms with van der Waals surface area (Å²) in [5.41, 5.74) is 1.28. The molecule has 2 aromatic carbocycles. The topological polar surface area (TPSA) is 174 Å². The lowest BCUT2D eigenvalue weighted by molar-refractivity contribution is -0.136. The van der Waals surface area contributed by atoms with Gasteiger partial charge in [0.1, 0.15) is 17.4 Å². The molecule has 2 saturated heterocycles. The van der Waals surface area contributed by atoms with Gasteiger partial charge >= 0.3 is 0 Å². The van der Waals surface area contributed by atoms with Crippen LogP contribution in [0.4, 0.5) is 20.2 Å². The van der Waals surface area contributed by atoms with Crippen molar-refractivity contribution in [3.63, 3.8) is 0 Å². The number of carbonyl (C=O) groups is 5. The van der Waals surface area contributed by atoms with Crippen LogP contribution in [0.25, 0.3) is 10.2 Å². The van der Waals surface area contributed by atoms with Gasteiger partial charge in [0.05, 0.1) is 32.0 Å². The van der Waals surface area contributed by atoms with Gasteiger partial charge in [-0.15, -0.1) is 11.3 Å². The molecule has 3 aliphatic heterocycles. The Hall–Kier alpha value is -5.19. The van der Waals surface area contributed by atoms with E-state index in [0.717, 1.165) is 71.9 Å². The van der Waals surface area contributed by atoms with E-state index in [-0.39, 0.29) is 24.1 Å². The minimum absolute atomic E-state index is 0.0823. The minimum Gasteiger partial charge on any atom is -0.386 e. The largest absolute Gasteiger partial charge is 0.386 e. The number of fused-ring (bicyclic) bond motifs is 2. The van der Waals surface area contributed by atoms with Gasteiger partial charge in [0.15, 0.2) is 0 Å². The highest BCUT2D eigenvalue weighted by molar-refractivity contribution is 7.18. The van der Waals surface area contributed by atoms with E-state index in [0.29, 0.717) is 52.2 Å². The molecule has 2 saturated carbocycles. The molecule has 1 unspecified atom stereocenters. The van der Waals surface area contributed by atoms with Crippen LogP contribution in [0.3, 0.4) is 0 Å². The first-order valence-corrected chi connectivity index (χ1v) is 22.0. The van der Waals surface area contributed by atoms with Crippen molar-refractivity contribution in [3.8, 4) is 0 Å². The van der Waals surface area contributed by atoms with E-state index in [4.69, 9.17) is 4.98 Å². The summed E-state index contributed by atoms with van der Waals surface area (Å²) >= 11 is 1.60. The number of anilines is 2. The summed E-state index contributed by atoms with van der Waals surface area (Å²) in [7, 11) is 0. The van der Waals surface area contributed by atoms with E-state index in [1.54, 1.807) is 49.4 Å². The van der Waals surface area contributed by atoms with Gasteiger partial charge in [0.25, 0.3) is 24.1 Å². The number of nitrogens with zero attached hydrogens (tertiary/aromatic N) is 4. The van der Waals surface area contributed by atoms with Gasteiger partial charge in [-0.05, 0) is 119 Å². The van der Waals surface area contributed by atoms with Crippen LogP contribution in [-0.2, 0) is 15.2 Å². The Labute approximate surface area is 355 Å². The number of pyridine rings is 1. The fourth-order valence-electron chi connectivity index (χ4n) is 10.4. The third-order valence-corrected chi connectivity index (χ3v) is 14.5. The van der Waals surface area contributed by atoms with Gasteiger partial charge in [-0.1, -0.05) is 12.1 Å². The number of aliphatic hydroxyl groups is 1. The summed E-state index contributed by atoms with van der Waals surface area (Å²) in [5, 5.41) is 20.5. The zero-order chi connectivity index (χ0) is 42.8. The SMILES string of the molecule is CC(C)(O)c1cc2nc(C3CCC(CN4CC5(CC(CCNc6cccc7c6C(=O)N(C6CCC(=O)NC6=O)C7=O)C5)C4)CC3)sc2cc1NC(=O)c1cccc(C(F)F)n1. The Morgan fingerprint density at radius 3 is 2.44 bits per heavy atom. The number of nitrogens with one attached hydrogen (secondary N) is 3. The number of aromatic nitrogens is 2. The molecule has 1 atom stereocenters. The number of likely N-dealkylation sites (tertiary alicyclic amines) is 1. The number of benzene rings is 2. The Balaban J connectivity index is 0.732. The maximum absolute atomic E-state index is 13.4. The molecule has 16 heteroatoms. The van der Waals surface area contributed by atoms with E-state index < -0.39 is 53.3 Å². The maximum Gasteiger partial charge on any atom is 0.280 e. The molecule has 2 aromatic heterocycles. The lowest BCUT2D eigenvalue weighted by atomic mass is 9.57. The molecule has 4 aromatic rings. The Kier molecular flexibility index (Phi) is 10.8. The van der Waals surface area contributed by atoms with Crippen LogP contribution in [0.2, 0.25) is 0 Å². The Morgan fingerprint density at radius 1 is 0.967 bits per heavy atom. The highest BCUT2D eigenvalue weighted by Gasteiger charge is 2.52. The molecule has 61 heavy (non-hydrogen) atoms. The third-order valence-electron chi connectivity index (χ3n) is 13.3. The van der Waals surface area contributed by atoms with Gasteiger partial charge in [-0.25, -0.2) is 18.7 Å². The van der Waals surface area contributed by atoms with Crippen molar-refractivity contribution in [3.05, 3.63) is 81.6 Å². The lowest BCUT2D eigenvalue weighted by Crippen LogP contribution is -2.63. The molecule has 4 N–H and O–H groups in total. The standard InChI is InChI=1S/C45H49F2N7O6S/c1-44(2,60)28-17-33-35(18-32(28)50-39(56)31-8-4-7-30(49-31)38(46)47)61-41(51-33)26-11-9-24(10-12-26)21-53-22-45(23-53)19-25(20-45)15-16-48-29-6-3-5-27-37(29)43(59)54(42(27)58)34-13-14-36(55)52-40(34)57/h3-8,17-18,24-26,34,38,48,60H,9-16,19-23H2,1-2H3,(H,50,56)(H,52,55,57). The van der Waals surface area contributed by atoms with Gasteiger partial charge in [0, 0.05) is 55.5 Å². The average Bonchev–Trinajstić information content (AvgIpc) is 3.73. The number of thiazole rings is 1. The van der Waals surface area contributed by atoms with Gasteiger partial charge in [-0.2, -0.15) is 0 Å². The summed E-state index contributed by atoms with van der Waals surface area (Å²) in [6.07, 6.45) is 5.10. The van der Waals surface area contributed by atoms with Crippen molar-refractivity contribution < 1.29 is 37.9 Å². The number of hydrogen-bond donors (Lipinski definition) is 4. The normalized spacial score (nSPS) is 23.0. The molecule has 0 radical (unpaired) electrons. The van der Waals surface area contributed by atoms with E-state index >= 15 is 0 Å². The molecule has 13 nitrogen and oxygen atoms in total. The number of piperidine rings is 1. The molecule has 9 rings (SSSR count). The second-order valence-electron chi connectivity index (χ2n) is 18.2. The smallest absolute Gasteiger partial charge is 0.280 e. The van der Waals surface area contributed by atoms with E-state index in [1.165, 1.54) is 31.0 Å². The van der Waals surface area contributed by atoms with Crippen molar-refractivity contribution in [2.45, 2.75) is 95.6 Å². The highest BCUT2D eigenvalue weighted by atomic mass is 32.1. The number of amides is 5. The Morgan fingerprint density at radius 2 is 1.72 bits per heavy atom. The Bertz CT molecular complexity index is 2430. The van der Waals surface area contributed by atoms with Crippen LogP contribution < -0.4 is 16.0 Å². The van der Waals surface area contributed by atoms with Crippen LogP contribution in [0.1, 0.15) is 131 Å². The zero-order valence-corrected chi connectivity index (χ0v) is 35.0. The van der Waals surface area contributed by atoms with Gasteiger partial charge in [0.2, 0.25) is 11.8 Å². The number of hydrogen-bond acceptors (Lipinski definition) is 11. The van der Waals surface area contributed by atoms with E-state index in [1.807, 2.05) is 6.07 Å². The van der Waals surface area contributed by atoms with Crippen LogP contribution in [0.15, 0.2) is 48.5 Å². The molecule has 5 aliphatic rings. The van der Waals surface area contributed by atoms with Crippen LogP contribution in [-0.4, -0.2) is 86.6 Å². The molecule has 1 spiro atoms. The fraction of sp³-hybridized carbons (Fsp3) is 0.489. The van der Waals surface area contributed by atoms with Crippen LogP contribution in [0.5, 0.6) is 0 Å². The quantitative estimate of drug-likeness (QED) is 0.109. The van der Waals surface area contributed by atoms with E-state index in [9.17, 15) is 37.9 Å². The minimum atomic E-state index is -2.80. The highest BCUT2D eigenvalue weighted by Crippen LogP contribution is 2.53. The van der Waals surface area contributed by atoms with Crippen molar-refractivity contribution in [1.82, 2.24) is 25.1 Å². The van der Waals surface area contributed by atoms with Gasteiger partial charge < -0.3 is 20.6 Å².